The molecule has 2 N–H and O–H groups in total. The van der Waals surface area contributed by atoms with E-state index in [4.69, 9.17) is 16.7 Å². The highest BCUT2D eigenvalue weighted by Crippen LogP contribution is 2.24. The lowest BCUT2D eigenvalue weighted by molar-refractivity contribution is -0.142. The maximum atomic E-state index is 12.4. The standard InChI is InChI=1S/C19H22ClIN2O4/c1-11-9-16(21)15(20)10-14(11)3-4-17(24)23-7-5-13(6-8-23)18(25)22-12(2)19(26)27/h3-4,9-10,12-13H,5-8H2,1-2H3,(H,22,25)(H,26,27)/b4-3+. The molecule has 2 amide bonds. The zero-order chi connectivity index (χ0) is 20.1. The molecular formula is C19H22ClIN2O4. The van der Waals surface area contributed by atoms with E-state index in [0.29, 0.717) is 31.0 Å². The van der Waals surface area contributed by atoms with Crippen LogP contribution in [0.3, 0.4) is 0 Å². The third-order valence-corrected chi connectivity index (χ3v) is 6.15. The first-order chi connectivity index (χ1) is 12.7. The Hall–Kier alpha value is -1.61. The van der Waals surface area contributed by atoms with Crippen LogP contribution >= 0.6 is 34.2 Å². The van der Waals surface area contributed by atoms with Gasteiger partial charge in [0, 0.05) is 28.7 Å². The summed E-state index contributed by atoms with van der Waals surface area (Å²) in [5.41, 5.74) is 1.93. The molecule has 27 heavy (non-hydrogen) atoms. The van der Waals surface area contributed by atoms with E-state index >= 15 is 0 Å². The van der Waals surface area contributed by atoms with Crippen molar-refractivity contribution in [3.05, 3.63) is 37.9 Å². The van der Waals surface area contributed by atoms with Crippen LogP contribution in [0.2, 0.25) is 5.02 Å². The fourth-order valence-electron chi connectivity index (χ4n) is 2.86. The SMILES string of the molecule is Cc1cc(I)c(Cl)cc1/C=C/C(=O)N1CCC(C(=O)NC(C)C(=O)O)CC1. The van der Waals surface area contributed by atoms with Gasteiger partial charge in [0.2, 0.25) is 11.8 Å². The van der Waals surface area contributed by atoms with E-state index in [0.717, 1.165) is 14.7 Å². The van der Waals surface area contributed by atoms with Crippen LogP contribution in [0.5, 0.6) is 0 Å². The fourth-order valence-corrected chi connectivity index (χ4v) is 3.66. The smallest absolute Gasteiger partial charge is 0.325 e. The van der Waals surface area contributed by atoms with Crippen LogP contribution in [0.25, 0.3) is 6.08 Å². The Morgan fingerprint density at radius 2 is 1.96 bits per heavy atom. The van der Waals surface area contributed by atoms with Crippen molar-refractivity contribution in [1.29, 1.82) is 0 Å². The van der Waals surface area contributed by atoms with Crippen LogP contribution in [-0.2, 0) is 14.4 Å². The number of halogens is 2. The molecular weight excluding hydrogens is 483 g/mol. The number of carbonyl (C=O) groups is 3. The molecule has 0 radical (unpaired) electrons. The Kier molecular flexibility index (Phi) is 7.67. The Labute approximate surface area is 177 Å². The summed E-state index contributed by atoms with van der Waals surface area (Å²) < 4.78 is 0.966. The number of nitrogens with zero attached hydrogens (tertiary/aromatic N) is 1. The maximum absolute atomic E-state index is 12.4. The van der Waals surface area contributed by atoms with Crippen LogP contribution in [-0.4, -0.2) is 46.9 Å². The van der Waals surface area contributed by atoms with E-state index in [1.165, 1.54) is 13.0 Å². The highest BCUT2D eigenvalue weighted by atomic mass is 127. The lowest BCUT2D eigenvalue weighted by atomic mass is 9.95. The summed E-state index contributed by atoms with van der Waals surface area (Å²) in [6, 6.07) is 2.89. The van der Waals surface area contributed by atoms with Crippen LogP contribution in [0.1, 0.15) is 30.9 Å². The van der Waals surface area contributed by atoms with E-state index in [1.54, 1.807) is 11.0 Å². The Bertz CT molecular complexity index is 773. The largest absolute Gasteiger partial charge is 0.480 e. The second-order valence-corrected chi connectivity index (χ2v) is 8.19. The van der Waals surface area contributed by atoms with Gasteiger partial charge in [0.15, 0.2) is 0 Å². The molecule has 6 nitrogen and oxygen atoms in total. The van der Waals surface area contributed by atoms with Crippen LogP contribution in [0, 0.1) is 16.4 Å². The highest BCUT2D eigenvalue weighted by molar-refractivity contribution is 14.1. The van der Waals surface area contributed by atoms with Gasteiger partial charge in [0.25, 0.3) is 0 Å². The highest BCUT2D eigenvalue weighted by Gasteiger charge is 2.28. The van der Waals surface area contributed by atoms with Crippen molar-refractivity contribution in [1.82, 2.24) is 10.2 Å². The minimum Gasteiger partial charge on any atom is -0.480 e. The van der Waals surface area contributed by atoms with E-state index < -0.39 is 12.0 Å². The number of nitrogens with one attached hydrogen (secondary N) is 1. The van der Waals surface area contributed by atoms with E-state index in [1.807, 2.05) is 19.1 Å². The summed E-state index contributed by atoms with van der Waals surface area (Å²) in [5.74, 6) is -1.71. The molecule has 1 aromatic carbocycles. The molecule has 0 spiro atoms. The van der Waals surface area contributed by atoms with Crippen molar-refractivity contribution in [2.75, 3.05) is 13.1 Å². The Morgan fingerprint density at radius 3 is 2.56 bits per heavy atom. The number of likely N-dealkylation sites (tertiary alicyclic amines) is 1. The van der Waals surface area contributed by atoms with Crippen molar-refractivity contribution in [3.63, 3.8) is 0 Å². The van der Waals surface area contributed by atoms with Crippen molar-refractivity contribution in [2.45, 2.75) is 32.7 Å². The Morgan fingerprint density at radius 1 is 1.33 bits per heavy atom. The number of carboxylic acid groups (broad SMARTS) is 1. The number of piperidine rings is 1. The number of aryl methyl sites for hydroxylation is 1. The van der Waals surface area contributed by atoms with Crippen molar-refractivity contribution in [2.24, 2.45) is 5.92 Å². The van der Waals surface area contributed by atoms with Gasteiger partial charge in [-0.15, -0.1) is 0 Å². The molecule has 1 unspecified atom stereocenters. The van der Waals surface area contributed by atoms with Gasteiger partial charge in [-0.3, -0.25) is 14.4 Å². The average molecular weight is 505 g/mol. The molecule has 0 aromatic heterocycles. The normalized spacial score (nSPS) is 16.4. The number of carboxylic acids is 1. The monoisotopic (exact) mass is 504 g/mol. The van der Waals surface area contributed by atoms with Gasteiger partial charge in [0.1, 0.15) is 6.04 Å². The molecule has 0 saturated carbocycles. The predicted molar refractivity (Wildman–Crippen MR) is 112 cm³/mol. The molecule has 146 valence electrons. The molecule has 8 heteroatoms. The van der Waals surface area contributed by atoms with Crippen molar-refractivity contribution >= 4 is 58.1 Å². The van der Waals surface area contributed by atoms with E-state index in [2.05, 4.69) is 27.9 Å². The summed E-state index contributed by atoms with van der Waals surface area (Å²) in [7, 11) is 0. The minimum atomic E-state index is -1.06. The number of benzene rings is 1. The van der Waals surface area contributed by atoms with Crippen molar-refractivity contribution in [3.8, 4) is 0 Å². The van der Waals surface area contributed by atoms with Gasteiger partial charge in [-0.25, -0.2) is 0 Å². The first-order valence-electron chi connectivity index (χ1n) is 8.65. The topological polar surface area (TPSA) is 86.7 Å². The molecule has 1 heterocycles. The summed E-state index contributed by atoms with van der Waals surface area (Å²) in [4.78, 5) is 37.0. The molecule has 1 fully saturated rings. The third kappa shape index (κ3) is 5.93. The first kappa shape index (κ1) is 21.7. The third-order valence-electron chi connectivity index (χ3n) is 4.62. The first-order valence-corrected chi connectivity index (χ1v) is 10.1. The molecule has 1 aliphatic rings. The predicted octanol–water partition coefficient (Wildman–Crippen LogP) is 3.09. The molecule has 1 aliphatic heterocycles. The number of amides is 2. The fraction of sp³-hybridized carbons (Fsp3) is 0.421. The molecule has 0 aliphatic carbocycles. The van der Waals surface area contributed by atoms with Gasteiger partial charge < -0.3 is 15.3 Å². The van der Waals surface area contributed by atoms with Crippen LogP contribution in [0.4, 0.5) is 0 Å². The molecule has 0 bridgehead atoms. The quantitative estimate of drug-likeness (QED) is 0.477. The Balaban J connectivity index is 1.90. The molecule has 1 aromatic rings. The van der Waals surface area contributed by atoms with Crippen molar-refractivity contribution < 1.29 is 19.5 Å². The van der Waals surface area contributed by atoms with Crippen LogP contribution in [0.15, 0.2) is 18.2 Å². The molecule has 1 atom stereocenters. The molecule has 2 rings (SSSR count). The van der Waals surface area contributed by atoms with E-state index in [9.17, 15) is 14.4 Å². The molecule has 1 saturated heterocycles. The second-order valence-electron chi connectivity index (χ2n) is 6.62. The zero-order valence-electron chi connectivity index (χ0n) is 15.2. The zero-order valence-corrected chi connectivity index (χ0v) is 18.1. The average Bonchev–Trinajstić information content (AvgIpc) is 2.63. The summed E-state index contributed by atoms with van der Waals surface area (Å²) in [6.07, 6.45) is 4.32. The summed E-state index contributed by atoms with van der Waals surface area (Å²) >= 11 is 8.30. The maximum Gasteiger partial charge on any atom is 0.325 e. The second kappa shape index (κ2) is 9.54. The minimum absolute atomic E-state index is 0.109. The number of hydrogen-bond donors (Lipinski definition) is 2. The number of carbonyl (C=O) groups excluding carboxylic acids is 2. The number of rotatable bonds is 5. The summed E-state index contributed by atoms with van der Waals surface area (Å²) in [6.45, 7) is 4.33. The van der Waals surface area contributed by atoms with Gasteiger partial charge in [0.05, 0.1) is 5.02 Å². The van der Waals surface area contributed by atoms with Gasteiger partial charge >= 0.3 is 5.97 Å². The summed E-state index contributed by atoms with van der Waals surface area (Å²) in [5, 5.41) is 12.0. The van der Waals surface area contributed by atoms with Gasteiger partial charge in [-0.2, -0.15) is 0 Å². The lowest BCUT2D eigenvalue weighted by Crippen LogP contribution is -2.46. The van der Waals surface area contributed by atoms with Gasteiger partial charge in [-0.05, 0) is 78.6 Å². The van der Waals surface area contributed by atoms with Gasteiger partial charge in [-0.1, -0.05) is 11.6 Å². The number of hydrogen-bond acceptors (Lipinski definition) is 3. The van der Waals surface area contributed by atoms with Crippen LogP contribution < -0.4 is 5.32 Å². The van der Waals surface area contributed by atoms with E-state index in [-0.39, 0.29) is 17.7 Å². The number of aliphatic carboxylic acids is 1. The lowest BCUT2D eigenvalue weighted by Gasteiger charge is -2.31.